The van der Waals surface area contributed by atoms with Gasteiger partial charge in [-0.2, -0.15) is 0 Å². The van der Waals surface area contributed by atoms with Gasteiger partial charge in [0.25, 0.3) is 0 Å². The lowest BCUT2D eigenvalue weighted by Gasteiger charge is -2.44. The summed E-state index contributed by atoms with van der Waals surface area (Å²) in [7, 11) is 0. The van der Waals surface area contributed by atoms with Gasteiger partial charge in [-0.15, -0.1) is 0 Å². The van der Waals surface area contributed by atoms with Gasteiger partial charge in [0.05, 0.1) is 0 Å². The van der Waals surface area contributed by atoms with Crippen molar-refractivity contribution in [3.05, 3.63) is 23.8 Å². The Morgan fingerprint density at radius 1 is 1.33 bits per heavy atom. The first-order chi connectivity index (χ1) is 7.09. The molecule has 84 valence electrons. The van der Waals surface area contributed by atoms with Crippen molar-refractivity contribution in [2.75, 3.05) is 0 Å². The zero-order chi connectivity index (χ0) is 11.0. The van der Waals surface area contributed by atoms with Gasteiger partial charge in [0, 0.05) is 0 Å². The number of allylic oxidation sites excluding steroid dienone is 3. The maximum atomic E-state index is 4.19. The van der Waals surface area contributed by atoms with Crippen molar-refractivity contribution in [1.82, 2.24) is 0 Å². The van der Waals surface area contributed by atoms with Crippen LogP contribution in [0.15, 0.2) is 23.8 Å². The minimum atomic E-state index is 0.765. The van der Waals surface area contributed by atoms with Crippen LogP contribution >= 0.6 is 0 Å². The first kappa shape index (κ1) is 11.0. The molecule has 2 aliphatic carbocycles. The van der Waals surface area contributed by atoms with E-state index in [0.717, 1.165) is 23.7 Å². The molecule has 0 aliphatic heterocycles. The number of fused-ring (bicyclic) bond motifs is 1. The van der Waals surface area contributed by atoms with Crippen molar-refractivity contribution in [2.45, 2.75) is 46.5 Å². The van der Waals surface area contributed by atoms with Gasteiger partial charge in [-0.05, 0) is 63.2 Å². The van der Waals surface area contributed by atoms with E-state index in [1.807, 2.05) is 0 Å². The molecule has 0 aromatic rings. The van der Waals surface area contributed by atoms with E-state index in [1.54, 1.807) is 5.57 Å². The monoisotopic (exact) mass is 204 g/mol. The fourth-order valence-electron chi connectivity index (χ4n) is 3.62. The number of hydrogen-bond acceptors (Lipinski definition) is 0. The summed E-state index contributed by atoms with van der Waals surface area (Å²) in [6.07, 6.45) is 8.07. The highest BCUT2D eigenvalue weighted by Gasteiger charge is 2.37. The van der Waals surface area contributed by atoms with Gasteiger partial charge in [0.1, 0.15) is 0 Å². The summed E-state index contributed by atoms with van der Waals surface area (Å²) in [4.78, 5) is 0. The molecule has 2 aliphatic rings. The molecule has 1 saturated carbocycles. The van der Waals surface area contributed by atoms with Gasteiger partial charge in [-0.1, -0.05) is 30.7 Å². The Kier molecular flexibility index (Phi) is 3.04. The predicted octanol–water partition coefficient (Wildman–Crippen LogP) is 4.58. The van der Waals surface area contributed by atoms with Crippen molar-refractivity contribution < 1.29 is 0 Å². The molecule has 0 bridgehead atoms. The summed E-state index contributed by atoms with van der Waals surface area (Å²) in [5.41, 5.74) is 3.01. The Hall–Kier alpha value is -0.520. The van der Waals surface area contributed by atoms with Crippen LogP contribution in [0, 0.1) is 23.7 Å². The van der Waals surface area contributed by atoms with E-state index < -0.39 is 0 Å². The Balaban J connectivity index is 2.24. The van der Waals surface area contributed by atoms with Crippen LogP contribution in [0.2, 0.25) is 0 Å². The standard InChI is InChI=1S/C15H24/c1-10(2)13-8-6-12(4)14-7-5-11(3)9-15(13)14/h9,12-15H,1,5-8H2,2-4H3/t12-,13-,14-,15+/m1/s1. The van der Waals surface area contributed by atoms with Crippen molar-refractivity contribution in [2.24, 2.45) is 23.7 Å². The van der Waals surface area contributed by atoms with Gasteiger partial charge < -0.3 is 0 Å². The van der Waals surface area contributed by atoms with Gasteiger partial charge in [0.2, 0.25) is 0 Å². The van der Waals surface area contributed by atoms with E-state index in [0.29, 0.717) is 0 Å². The smallest absolute Gasteiger partial charge is 0.0134 e. The maximum absolute atomic E-state index is 4.19. The second kappa shape index (κ2) is 4.15. The lowest BCUT2D eigenvalue weighted by molar-refractivity contribution is 0.135. The topological polar surface area (TPSA) is 0 Å². The van der Waals surface area contributed by atoms with Crippen LogP contribution in [0.1, 0.15) is 46.5 Å². The highest BCUT2D eigenvalue weighted by Crippen LogP contribution is 2.47. The summed E-state index contributed by atoms with van der Waals surface area (Å²) in [6, 6.07) is 0. The maximum Gasteiger partial charge on any atom is -0.0134 e. The van der Waals surface area contributed by atoms with Crippen LogP contribution in [0.5, 0.6) is 0 Å². The molecule has 4 atom stereocenters. The SMILES string of the molecule is C=C(C)[C@H]1CC[C@@H](C)[C@H]2CCC(C)=C[C@H]21. The molecule has 2 rings (SSSR count). The fraction of sp³-hybridized carbons (Fsp3) is 0.733. The van der Waals surface area contributed by atoms with Crippen LogP contribution in [0.3, 0.4) is 0 Å². The summed E-state index contributed by atoms with van der Waals surface area (Å²) in [5.74, 6) is 3.43. The van der Waals surface area contributed by atoms with E-state index in [1.165, 1.54) is 31.3 Å². The second-order valence-corrected chi connectivity index (χ2v) is 5.80. The molecule has 0 heteroatoms. The first-order valence-corrected chi connectivity index (χ1v) is 6.42. The molecule has 0 aromatic carbocycles. The molecule has 0 unspecified atom stereocenters. The molecule has 0 spiro atoms. The van der Waals surface area contributed by atoms with Crippen molar-refractivity contribution in [3.63, 3.8) is 0 Å². The molecular formula is C15H24. The van der Waals surface area contributed by atoms with E-state index in [2.05, 4.69) is 33.4 Å². The van der Waals surface area contributed by atoms with E-state index in [9.17, 15) is 0 Å². The molecule has 0 nitrogen and oxygen atoms in total. The summed E-state index contributed by atoms with van der Waals surface area (Å²) >= 11 is 0. The van der Waals surface area contributed by atoms with Crippen LogP contribution < -0.4 is 0 Å². The lowest BCUT2D eigenvalue weighted by atomic mass is 9.61. The highest BCUT2D eigenvalue weighted by molar-refractivity contribution is 5.15. The second-order valence-electron chi connectivity index (χ2n) is 5.80. The third-order valence-electron chi connectivity index (χ3n) is 4.60. The molecular weight excluding hydrogens is 180 g/mol. The van der Waals surface area contributed by atoms with E-state index in [-0.39, 0.29) is 0 Å². The molecule has 1 fully saturated rings. The molecule has 0 saturated heterocycles. The van der Waals surface area contributed by atoms with Crippen molar-refractivity contribution in [1.29, 1.82) is 0 Å². The quantitative estimate of drug-likeness (QED) is 0.548. The Morgan fingerprint density at radius 2 is 2.07 bits per heavy atom. The summed E-state index contributed by atoms with van der Waals surface area (Å²) < 4.78 is 0. The van der Waals surface area contributed by atoms with E-state index >= 15 is 0 Å². The third-order valence-corrected chi connectivity index (χ3v) is 4.60. The molecule has 0 radical (unpaired) electrons. The Bertz CT molecular complexity index is 284. The minimum absolute atomic E-state index is 0.765. The number of hydrogen-bond donors (Lipinski definition) is 0. The minimum Gasteiger partial charge on any atom is -0.0998 e. The van der Waals surface area contributed by atoms with E-state index in [4.69, 9.17) is 0 Å². The van der Waals surface area contributed by atoms with Crippen molar-refractivity contribution >= 4 is 0 Å². The van der Waals surface area contributed by atoms with Crippen LogP contribution in [0.25, 0.3) is 0 Å². The normalized spacial score (nSPS) is 40.6. The fourth-order valence-corrected chi connectivity index (χ4v) is 3.62. The first-order valence-electron chi connectivity index (χ1n) is 6.42. The molecule has 15 heavy (non-hydrogen) atoms. The Labute approximate surface area is 94.5 Å². The largest absolute Gasteiger partial charge is 0.0998 e. The lowest BCUT2D eigenvalue weighted by Crippen LogP contribution is -2.34. The van der Waals surface area contributed by atoms with Gasteiger partial charge in [-0.3, -0.25) is 0 Å². The van der Waals surface area contributed by atoms with Crippen molar-refractivity contribution in [3.8, 4) is 0 Å². The average molecular weight is 204 g/mol. The van der Waals surface area contributed by atoms with Crippen LogP contribution in [0.4, 0.5) is 0 Å². The molecule has 0 amide bonds. The molecule has 0 N–H and O–H groups in total. The zero-order valence-electron chi connectivity index (χ0n) is 10.4. The Morgan fingerprint density at radius 3 is 2.73 bits per heavy atom. The van der Waals surface area contributed by atoms with Crippen LogP contribution in [-0.2, 0) is 0 Å². The zero-order valence-corrected chi connectivity index (χ0v) is 10.4. The average Bonchev–Trinajstić information content (AvgIpc) is 2.17. The number of rotatable bonds is 1. The predicted molar refractivity (Wildman–Crippen MR) is 66.7 cm³/mol. The summed E-state index contributed by atoms with van der Waals surface area (Å²) in [6.45, 7) is 11.2. The third kappa shape index (κ3) is 2.04. The van der Waals surface area contributed by atoms with Gasteiger partial charge in [0.15, 0.2) is 0 Å². The highest BCUT2D eigenvalue weighted by atomic mass is 14.4. The van der Waals surface area contributed by atoms with Gasteiger partial charge in [-0.25, -0.2) is 0 Å². The van der Waals surface area contributed by atoms with Gasteiger partial charge >= 0.3 is 0 Å². The molecule has 0 aromatic heterocycles. The molecule has 0 heterocycles. The summed E-state index contributed by atoms with van der Waals surface area (Å²) in [5, 5.41) is 0. The van der Waals surface area contributed by atoms with Crippen LogP contribution in [-0.4, -0.2) is 0 Å².